The molecule has 1 aromatic heterocycles. The lowest BCUT2D eigenvalue weighted by Crippen LogP contribution is -2.48. The van der Waals surface area contributed by atoms with Gasteiger partial charge in [-0.25, -0.2) is 9.07 Å². The van der Waals surface area contributed by atoms with Crippen LogP contribution in [0.1, 0.15) is 39.7 Å². The molecule has 24 heavy (non-hydrogen) atoms. The first kappa shape index (κ1) is 18.8. The first-order chi connectivity index (χ1) is 11.1. The maximum absolute atomic E-state index is 13.0. The molecule has 1 heterocycles. The molecule has 4 nitrogen and oxygen atoms in total. The fourth-order valence-electron chi connectivity index (χ4n) is 2.92. The SMILES string of the molecule is CC(Cc1ccc(F)cc1)CC(O)(Cn1nc[nH]c1=S)C(C)(C)C. The normalized spacial score (nSPS) is 15.9. The van der Waals surface area contributed by atoms with Gasteiger partial charge in [0.05, 0.1) is 12.1 Å². The quantitative estimate of drug-likeness (QED) is 0.770. The highest BCUT2D eigenvalue weighted by Gasteiger charge is 2.41. The Bertz CT molecular complexity index is 717. The van der Waals surface area contributed by atoms with Crippen LogP contribution in [0.5, 0.6) is 0 Å². The standard InChI is InChI=1S/C18H26FN3OS/c1-13(9-14-5-7-15(19)8-6-14)10-18(23,17(2,3)4)11-22-16(24)20-12-21-22/h5-8,12-13,23H,9-11H2,1-4H3,(H,20,21,24). The van der Waals surface area contributed by atoms with Crippen LogP contribution in [0.25, 0.3) is 0 Å². The zero-order chi connectivity index (χ0) is 18.0. The van der Waals surface area contributed by atoms with Crippen LogP contribution in [0.3, 0.4) is 0 Å². The second kappa shape index (κ2) is 7.15. The molecular weight excluding hydrogens is 325 g/mol. The summed E-state index contributed by atoms with van der Waals surface area (Å²) < 4.78 is 15.2. The van der Waals surface area contributed by atoms with Crippen LogP contribution in [0.15, 0.2) is 30.6 Å². The fourth-order valence-corrected chi connectivity index (χ4v) is 3.08. The van der Waals surface area contributed by atoms with Crippen LogP contribution in [0.4, 0.5) is 4.39 Å². The van der Waals surface area contributed by atoms with Crippen molar-refractivity contribution < 1.29 is 9.50 Å². The Hall–Kier alpha value is -1.53. The van der Waals surface area contributed by atoms with Gasteiger partial charge in [-0.3, -0.25) is 0 Å². The molecule has 2 N–H and O–H groups in total. The van der Waals surface area contributed by atoms with Gasteiger partial charge in [-0.05, 0) is 54.1 Å². The van der Waals surface area contributed by atoms with Gasteiger partial charge >= 0.3 is 0 Å². The molecule has 2 aromatic rings. The molecule has 0 radical (unpaired) electrons. The van der Waals surface area contributed by atoms with Crippen molar-refractivity contribution >= 4 is 12.2 Å². The Morgan fingerprint density at radius 1 is 1.29 bits per heavy atom. The van der Waals surface area contributed by atoms with Crippen molar-refractivity contribution in [3.63, 3.8) is 0 Å². The number of hydrogen-bond donors (Lipinski definition) is 2. The molecule has 0 aliphatic rings. The van der Waals surface area contributed by atoms with E-state index in [9.17, 15) is 9.50 Å². The molecule has 2 unspecified atom stereocenters. The van der Waals surface area contributed by atoms with E-state index in [2.05, 4.69) is 17.0 Å². The topological polar surface area (TPSA) is 53.8 Å². The van der Waals surface area contributed by atoms with Gasteiger partial charge < -0.3 is 10.1 Å². The summed E-state index contributed by atoms with van der Waals surface area (Å²) in [5, 5.41) is 15.5. The number of aromatic amines is 1. The first-order valence-corrected chi connectivity index (χ1v) is 8.59. The minimum Gasteiger partial charge on any atom is -0.387 e. The summed E-state index contributed by atoms with van der Waals surface area (Å²) in [5.74, 6) is -0.00157. The van der Waals surface area contributed by atoms with Crippen LogP contribution in [-0.4, -0.2) is 25.5 Å². The summed E-state index contributed by atoms with van der Waals surface area (Å²) in [6, 6.07) is 6.54. The van der Waals surface area contributed by atoms with Crippen LogP contribution in [0, 0.1) is 21.9 Å². The number of nitrogens with zero attached hydrogens (tertiary/aromatic N) is 2. The smallest absolute Gasteiger partial charge is 0.195 e. The number of nitrogens with one attached hydrogen (secondary N) is 1. The van der Waals surface area contributed by atoms with E-state index in [1.165, 1.54) is 18.5 Å². The molecule has 2 rings (SSSR count). The monoisotopic (exact) mass is 351 g/mol. The van der Waals surface area contributed by atoms with Gasteiger partial charge in [-0.1, -0.05) is 39.8 Å². The van der Waals surface area contributed by atoms with Gasteiger partial charge in [0.2, 0.25) is 0 Å². The lowest BCUT2D eigenvalue weighted by Gasteiger charge is -2.42. The molecule has 0 bridgehead atoms. The molecule has 2 atom stereocenters. The van der Waals surface area contributed by atoms with Gasteiger partial charge in [0.1, 0.15) is 12.1 Å². The number of H-pyrrole nitrogens is 1. The molecule has 0 saturated heterocycles. The highest BCUT2D eigenvalue weighted by Crippen LogP contribution is 2.37. The summed E-state index contributed by atoms with van der Waals surface area (Å²) in [7, 11) is 0. The average molecular weight is 351 g/mol. The van der Waals surface area contributed by atoms with Gasteiger partial charge in [0.25, 0.3) is 0 Å². The largest absolute Gasteiger partial charge is 0.387 e. The molecule has 0 saturated carbocycles. The molecule has 0 fully saturated rings. The minimum atomic E-state index is -0.958. The highest BCUT2D eigenvalue weighted by atomic mass is 32.1. The van der Waals surface area contributed by atoms with Gasteiger partial charge in [-0.15, -0.1) is 0 Å². The average Bonchev–Trinajstić information content (AvgIpc) is 2.85. The zero-order valence-electron chi connectivity index (χ0n) is 14.7. The van der Waals surface area contributed by atoms with Crippen molar-refractivity contribution in [1.29, 1.82) is 0 Å². The molecule has 1 aromatic carbocycles. The van der Waals surface area contributed by atoms with Crippen LogP contribution < -0.4 is 0 Å². The third-order valence-corrected chi connectivity index (χ3v) is 4.94. The number of hydrogen-bond acceptors (Lipinski definition) is 3. The van der Waals surface area contributed by atoms with Crippen LogP contribution >= 0.6 is 12.2 Å². The van der Waals surface area contributed by atoms with E-state index in [-0.39, 0.29) is 17.2 Å². The van der Waals surface area contributed by atoms with E-state index < -0.39 is 5.60 Å². The van der Waals surface area contributed by atoms with Crippen molar-refractivity contribution in [3.05, 3.63) is 46.7 Å². The maximum Gasteiger partial charge on any atom is 0.195 e. The van der Waals surface area contributed by atoms with Gasteiger partial charge in [0, 0.05) is 0 Å². The summed E-state index contributed by atoms with van der Waals surface area (Å²) in [5.41, 5.74) is -0.228. The predicted molar refractivity (Wildman–Crippen MR) is 95.7 cm³/mol. The van der Waals surface area contributed by atoms with Crippen LogP contribution in [0.2, 0.25) is 0 Å². The maximum atomic E-state index is 13.0. The summed E-state index contributed by atoms with van der Waals surface area (Å²) in [6.45, 7) is 8.51. The molecule has 0 spiro atoms. The Morgan fingerprint density at radius 3 is 2.42 bits per heavy atom. The summed E-state index contributed by atoms with van der Waals surface area (Å²) in [6.07, 6.45) is 2.92. The predicted octanol–water partition coefficient (Wildman–Crippen LogP) is 4.13. The van der Waals surface area contributed by atoms with E-state index in [0.29, 0.717) is 17.7 Å². The van der Waals surface area contributed by atoms with Crippen molar-refractivity contribution in [3.8, 4) is 0 Å². The lowest BCUT2D eigenvalue weighted by molar-refractivity contribution is -0.0893. The van der Waals surface area contributed by atoms with Crippen LogP contribution in [-0.2, 0) is 13.0 Å². The summed E-state index contributed by atoms with van der Waals surface area (Å²) in [4.78, 5) is 2.86. The number of aliphatic hydroxyl groups is 1. The Labute approximate surface area is 147 Å². The number of benzene rings is 1. The molecule has 0 aliphatic heterocycles. The highest BCUT2D eigenvalue weighted by molar-refractivity contribution is 7.71. The molecule has 0 amide bonds. The number of aromatic nitrogens is 3. The van der Waals surface area contributed by atoms with Crippen molar-refractivity contribution in [1.82, 2.24) is 14.8 Å². The molecule has 0 aliphatic carbocycles. The fraction of sp³-hybridized carbons (Fsp3) is 0.556. The van der Waals surface area contributed by atoms with Crippen molar-refractivity contribution in [2.75, 3.05) is 0 Å². The lowest BCUT2D eigenvalue weighted by atomic mass is 9.71. The third kappa shape index (κ3) is 4.51. The van der Waals surface area contributed by atoms with E-state index in [1.807, 2.05) is 20.8 Å². The Morgan fingerprint density at radius 2 is 1.92 bits per heavy atom. The molecule has 132 valence electrons. The van der Waals surface area contributed by atoms with E-state index in [4.69, 9.17) is 12.2 Å². The minimum absolute atomic E-state index is 0.229. The van der Waals surface area contributed by atoms with Crippen molar-refractivity contribution in [2.24, 2.45) is 11.3 Å². The Balaban J connectivity index is 2.14. The number of rotatable bonds is 6. The zero-order valence-corrected chi connectivity index (χ0v) is 15.5. The van der Waals surface area contributed by atoms with Gasteiger partial charge in [0.15, 0.2) is 4.77 Å². The molecule has 6 heteroatoms. The summed E-state index contributed by atoms with van der Waals surface area (Å²) >= 11 is 5.21. The van der Waals surface area contributed by atoms with Crippen molar-refractivity contribution in [2.45, 2.75) is 52.7 Å². The second-order valence-corrected chi connectivity index (χ2v) is 8.06. The third-order valence-electron chi connectivity index (χ3n) is 4.61. The van der Waals surface area contributed by atoms with Gasteiger partial charge in [-0.2, -0.15) is 5.10 Å². The molecular formula is C18H26FN3OS. The Kier molecular flexibility index (Phi) is 5.60. The van der Waals surface area contributed by atoms with E-state index in [0.717, 1.165) is 12.0 Å². The van der Waals surface area contributed by atoms with E-state index in [1.54, 1.807) is 16.8 Å². The van der Waals surface area contributed by atoms with E-state index >= 15 is 0 Å². The number of halogens is 1. The second-order valence-electron chi connectivity index (χ2n) is 7.67. The first-order valence-electron chi connectivity index (χ1n) is 8.18.